The first-order valence-electron chi connectivity index (χ1n) is 4.68. The van der Waals surface area contributed by atoms with Gasteiger partial charge in [0.1, 0.15) is 6.10 Å². The molecule has 1 fully saturated rings. The highest BCUT2D eigenvalue weighted by atomic mass is 79.9. The summed E-state index contributed by atoms with van der Waals surface area (Å²) in [6.45, 7) is 0. The highest BCUT2D eigenvalue weighted by Crippen LogP contribution is 2.26. The molecule has 2 rings (SSSR count). The smallest absolute Gasteiger partial charge is 0.320 e. The molecule has 0 aromatic carbocycles. The summed E-state index contributed by atoms with van der Waals surface area (Å²) in [5.41, 5.74) is 5.65. The van der Waals surface area contributed by atoms with E-state index in [0.717, 1.165) is 12.8 Å². The van der Waals surface area contributed by atoms with Gasteiger partial charge in [-0.25, -0.2) is 4.98 Å². The molecule has 0 spiro atoms. The van der Waals surface area contributed by atoms with Crippen LogP contribution in [0, 0.1) is 0 Å². The van der Waals surface area contributed by atoms with Crippen LogP contribution in [-0.2, 0) is 0 Å². The average Bonchev–Trinajstić information content (AvgIpc) is 2.18. The van der Waals surface area contributed by atoms with Crippen molar-refractivity contribution >= 4 is 15.9 Å². The van der Waals surface area contributed by atoms with Gasteiger partial charge in [-0.3, -0.25) is 0 Å². The van der Waals surface area contributed by atoms with Crippen LogP contribution in [0.3, 0.4) is 0 Å². The summed E-state index contributed by atoms with van der Waals surface area (Å²) in [5, 5.41) is 0. The van der Waals surface area contributed by atoms with Gasteiger partial charge in [-0.15, -0.1) is 0 Å². The normalized spacial score (nSPS) is 24.5. The predicted octanol–water partition coefficient (Wildman–Crippen LogP) is 1.12. The summed E-state index contributed by atoms with van der Waals surface area (Å²) < 4.78 is 11.3. The van der Waals surface area contributed by atoms with Crippen LogP contribution in [-0.4, -0.2) is 29.2 Å². The minimum Gasteiger partial charge on any atom is -0.480 e. The van der Waals surface area contributed by atoms with Crippen LogP contribution >= 0.6 is 15.9 Å². The molecule has 0 amide bonds. The number of hydrogen-bond donors (Lipinski definition) is 1. The van der Waals surface area contributed by atoms with E-state index in [1.807, 2.05) is 0 Å². The van der Waals surface area contributed by atoms with Gasteiger partial charge in [0.05, 0.1) is 17.8 Å². The Morgan fingerprint density at radius 2 is 2.27 bits per heavy atom. The summed E-state index contributed by atoms with van der Waals surface area (Å²) in [4.78, 5) is 8.13. The second-order valence-corrected chi connectivity index (χ2v) is 4.34. The largest absolute Gasteiger partial charge is 0.480 e. The molecule has 6 heteroatoms. The number of hydrogen-bond acceptors (Lipinski definition) is 5. The Morgan fingerprint density at radius 3 is 2.87 bits per heavy atom. The maximum absolute atomic E-state index is 5.65. The van der Waals surface area contributed by atoms with Crippen molar-refractivity contribution < 1.29 is 9.47 Å². The molecular weight excluding hydrogens is 262 g/mol. The molecule has 1 heterocycles. The minimum absolute atomic E-state index is 0.144. The quantitative estimate of drug-likeness (QED) is 0.894. The van der Waals surface area contributed by atoms with E-state index >= 15 is 0 Å². The highest BCUT2D eigenvalue weighted by molar-refractivity contribution is 9.10. The van der Waals surface area contributed by atoms with E-state index in [-0.39, 0.29) is 12.1 Å². The summed E-state index contributed by atoms with van der Waals surface area (Å²) in [6, 6.07) is 0.597. The maximum atomic E-state index is 5.65. The summed E-state index contributed by atoms with van der Waals surface area (Å²) >= 11 is 3.27. The lowest BCUT2D eigenvalue weighted by atomic mass is 9.90. The number of aromatic nitrogens is 2. The van der Waals surface area contributed by atoms with Gasteiger partial charge in [0.25, 0.3) is 0 Å². The lowest BCUT2D eigenvalue weighted by Crippen LogP contribution is -2.43. The first kappa shape index (κ1) is 10.6. The molecule has 0 saturated heterocycles. The third kappa shape index (κ3) is 2.38. The third-order valence-corrected chi connectivity index (χ3v) is 2.83. The van der Waals surface area contributed by atoms with Crippen LogP contribution in [0.15, 0.2) is 10.7 Å². The Labute approximate surface area is 96.1 Å². The Balaban J connectivity index is 2.02. The molecule has 0 bridgehead atoms. The maximum Gasteiger partial charge on any atom is 0.320 e. The molecule has 5 nitrogen and oxygen atoms in total. The van der Waals surface area contributed by atoms with Crippen molar-refractivity contribution in [2.45, 2.75) is 25.0 Å². The number of rotatable bonds is 3. The molecule has 2 N–H and O–H groups in total. The number of nitrogens with two attached hydrogens (primary N) is 1. The summed E-state index contributed by atoms with van der Waals surface area (Å²) in [5.74, 6) is 0.476. The summed E-state index contributed by atoms with van der Waals surface area (Å²) in [7, 11) is 1.55. The molecule has 1 aliphatic carbocycles. The van der Waals surface area contributed by atoms with Gasteiger partial charge in [-0.2, -0.15) is 4.98 Å². The topological polar surface area (TPSA) is 70.3 Å². The van der Waals surface area contributed by atoms with E-state index in [1.165, 1.54) is 0 Å². The van der Waals surface area contributed by atoms with Crippen LogP contribution in [0.25, 0.3) is 0 Å². The van der Waals surface area contributed by atoms with Gasteiger partial charge in [-0.05, 0) is 28.8 Å². The Hall–Kier alpha value is -0.880. The van der Waals surface area contributed by atoms with Crippen LogP contribution in [0.1, 0.15) is 12.8 Å². The fourth-order valence-electron chi connectivity index (χ4n) is 1.39. The Bertz CT molecular complexity index is 355. The molecule has 1 saturated carbocycles. The zero-order chi connectivity index (χ0) is 10.8. The van der Waals surface area contributed by atoms with E-state index < -0.39 is 0 Å². The zero-order valence-corrected chi connectivity index (χ0v) is 9.90. The second-order valence-electron chi connectivity index (χ2n) is 3.48. The van der Waals surface area contributed by atoms with Crippen molar-refractivity contribution in [3.05, 3.63) is 10.7 Å². The van der Waals surface area contributed by atoms with Gasteiger partial charge in [0.2, 0.25) is 5.88 Å². The molecule has 1 aromatic heterocycles. The lowest BCUT2D eigenvalue weighted by molar-refractivity contribution is 0.0895. The van der Waals surface area contributed by atoms with E-state index in [2.05, 4.69) is 25.9 Å². The Kier molecular flexibility index (Phi) is 3.06. The van der Waals surface area contributed by atoms with E-state index in [0.29, 0.717) is 16.4 Å². The molecule has 0 atom stereocenters. The zero-order valence-electron chi connectivity index (χ0n) is 8.31. The molecule has 0 radical (unpaired) electrons. The summed E-state index contributed by atoms with van der Waals surface area (Å²) in [6.07, 6.45) is 3.48. The second kappa shape index (κ2) is 4.32. The number of halogens is 1. The van der Waals surface area contributed by atoms with E-state index in [1.54, 1.807) is 13.3 Å². The number of nitrogens with zero attached hydrogens (tertiary/aromatic N) is 2. The van der Waals surface area contributed by atoms with Gasteiger partial charge >= 0.3 is 6.01 Å². The van der Waals surface area contributed by atoms with Crippen molar-refractivity contribution in [3.8, 4) is 11.9 Å². The third-order valence-electron chi connectivity index (χ3n) is 2.29. The molecule has 82 valence electrons. The van der Waals surface area contributed by atoms with Crippen molar-refractivity contribution in [1.29, 1.82) is 0 Å². The standard InChI is InChI=1S/C9H12BrN3O2/c1-14-8-7(10)4-12-9(13-8)15-6-2-5(11)3-6/h4-6H,2-3,11H2,1H3. The molecule has 1 aliphatic rings. The molecule has 15 heavy (non-hydrogen) atoms. The molecule has 1 aromatic rings. The highest BCUT2D eigenvalue weighted by Gasteiger charge is 2.28. The minimum atomic E-state index is 0.144. The van der Waals surface area contributed by atoms with Gasteiger partial charge < -0.3 is 15.2 Å². The first-order valence-corrected chi connectivity index (χ1v) is 5.47. The van der Waals surface area contributed by atoms with E-state index in [4.69, 9.17) is 15.2 Å². The van der Waals surface area contributed by atoms with Gasteiger partial charge in [-0.1, -0.05) is 0 Å². The molecule has 0 unspecified atom stereocenters. The SMILES string of the molecule is COc1nc(OC2CC(N)C2)ncc1Br. The van der Waals surface area contributed by atoms with Gasteiger partial charge in [0.15, 0.2) is 0 Å². The lowest BCUT2D eigenvalue weighted by Gasteiger charge is -2.31. The fraction of sp³-hybridized carbons (Fsp3) is 0.556. The van der Waals surface area contributed by atoms with Crippen molar-refractivity contribution in [1.82, 2.24) is 9.97 Å². The van der Waals surface area contributed by atoms with Crippen LogP contribution < -0.4 is 15.2 Å². The predicted molar refractivity (Wildman–Crippen MR) is 57.9 cm³/mol. The van der Waals surface area contributed by atoms with Crippen molar-refractivity contribution in [2.24, 2.45) is 5.73 Å². The van der Waals surface area contributed by atoms with Crippen LogP contribution in [0.4, 0.5) is 0 Å². The first-order chi connectivity index (χ1) is 7.19. The monoisotopic (exact) mass is 273 g/mol. The Morgan fingerprint density at radius 1 is 1.53 bits per heavy atom. The average molecular weight is 274 g/mol. The van der Waals surface area contributed by atoms with Crippen LogP contribution in [0.2, 0.25) is 0 Å². The number of ether oxygens (including phenoxy) is 2. The van der Waals surface area contributed by atoms with Crippen molar-refractivity contribution in [3.63, 3.8) is 0 Å². The van der Waals surface area contributed by atoms with E-state index in [9.17, 15) is 0 Å². The van der Waals surface area contributed by atoms with Gasteiger partial charge in [0, 0.05) is 6.04 Å². The molecular formula is C9H12BrN3O2. The van der Waals surface area contributed by atoms with Crippen molar-refractivity contribution in [2.75, 3.05) is 7.11 Å². The fourth-order valence-corrected chi connectivity index (χ4v) is 1.74. The molecule has 0 aliphatic heterocycles. The number of methoxy groups -OCH3 is 1. The van der Waals surface area contributed by atoms with Crippen LogP contribution in [0.5, 0.6) is 11.9 Å².